The second kappa shape index (κ2) is 6.24. The van der Waals surface area contributed by atoms with E-state index in [1.807, 2.05) is 0 Å². The van der Waals surface area contributed by atoms with Crippen molar-refractivity contribution in [2.75, 3.05) is 26.2 Å². The van der Waals surface area contributed by atoms with Crippen LogP contribution in [0.15, 0.2) is 16.8 Å². The highest BCUT2D eigenvalue weighted by atomic mass is 32.1. The van der Waals surface area contributed by atoms with E-state index in [4.69, 9.17) is 0 Å². The van der Waals surface area contributed by atoms with E-state index >= 15 is 0 Å². The van der Waals surface area contributed by atoms with Crippen molar-refractivity contribution in [2.45, 2.75) is 38.4 Å². The van der Waals surface area contributed by atoms with Gasteiger partial charge in [-0.25, -0.2) is 0 Å². The molecule has 0 saturated carbocycles. The second-order valence-electron chi connectivity index (χ2n) is 5.71. The Kier molecular flexibility index (Phi) is 4.38. The molecule has 20 heavy (non-hydrogen) atoms. The van der Waals surface area contributed by atoms with Crippen LogP contribution in [-0.2, 0) is 4.79 Å². The van der Waals surface area contributed by atoms with Gasteiger partial charge in [-0.3, -0.25) is 10.1 Å². The fourth-order valence-corrected chi connectivity index (χ4v) is 4.06. The van der Waals surface area contributed by atoms with E-state index in [0.29, 0.717) is 12.6 Å². The van der Waals surface area contributed by atoms with Crippen LogP contribution >= 0.6 is 11.3 Å². The number of likely N-dealkylation sites (tertiary alicyclic amines) is 1. The van der Waals surface area contributed by atoms with Crippen LogP contribution in [0.2, 0.25) is 0 Å². The third kappa shape index (κ3) is 2.75. The Morgan fingerprint density at radius 1 is 1.40 bits per heavy atom. The Bertz CT molecular complexity index is 440. The molecule has 0 radical (unpaired) electrons. The van der Waals surface area contributed by atoms with Gasteiger partial charge in [-0.15, -0.1) is 0 Å². The molecule has 0 spiro atoms. The molecular formula is C15H23N3OS. The number of carbonyl (C=O) groups is 1. The third-order valence-corrected chi connectivity index (χ3v) is 5.06. The third-order valence-electron chi connectivity index (χ3n) is 4.36. The van der Waals surface area contributed by atoms with E-state index in [0.717, 1.165) is 25.9 Å². The van der Waals surface area contributed by atoms with Crippen LogP contribution in [-0.4, -0.2) is 47.9 Å². The summed E-state index contributed by atoms with van der Waals surface area (Å²) in [6.45, 7) is 6.15. The monoisotopic (exact) mass is 293 g/mol. The van der Waals surface area contributed by atoms with Gasteiger partial charge >= 0.3 is 0 Å². The minimum Gasteiger partial charge on any atom is -0.319 e. The summed E-state index contributed by atoms with van der Waals surface area (Å²) in [5.74, 6) is 0.259. The Hall–Kier alpha value is -0.910. The molecule has 1 N–H and O–H groups in total. The Balaban J connectivity index is 1.67. The van der Waals surface area contributed by atoms with Crippen LogP contribution in [0.5, 0.6) is 0 Å². The summed E-state index contributed by atoms with van der Waals surface area (Å²) in [5.41, 5.74) is 1.23. The van der Waals surface area contributed by atoms with E-state index < -0.39 is 0 Å². The highest BCUT2D eigenvalue weighted by Gasteiger charge is 2.37. The van der Waals surface area contributed by atoms with Gasteiger partial charge in [0.1, 0.15) is 6.17 Å². The summed E-state index contributed by atoms with van der Waals surface area (Å²) in [4.78, 5) is 16.9. The molecule has 3 heterocycles. The van der Waals surface area contributed by atoms with E-state index in [9.17, 15) is 4.79 Å². The zero-order chi connectivity index (χ0) is 13.9. The number of rotatable bonds is 4. The van der Waals surface area contributed by atoms with E-state index in [1.165, 1.54) is 18.5 Å². The summed E-state index contributed by atoms with van der Waals surface area (Å²) >= 11 is 1.70. The van der Waals surface area contributed by atoms with Gasteiger partial charge in [0.15, 0.2) is 0 Å². The second-order valence-corrected chi connectivity index (χ2v) is 6.49. The van der Waals surface area contributed by atoms with Crippen LogP contribution in [0.3, 0.4) is 0 Å². The van der Waals surface area contributed by atoms with Gasteiger partial charge in [-0.2, -0.15) is 11.3 Å². The standard InChI is InChI=1S/C15H23N3OS/c1-2-6-17-7-3-13(4-8-17)18-14(19)10-16-15(18)12-5-9-20-11-12/h5,9,11,13,15-16H,2-4,6-8,10H2,1H3. The Morgan fingerprint density at radius 3 is 2.85 bits per heavy atom. The highest BCUT2D eigenvalue weighted by molar-refractivity contribution is 7.07. The van der Waals surface area contributed by atoms with Crippen molar-refractivity contribution < 1.29 is 4.79 Å². The molecule has 2 aliphatic rings. The van der Waals surface area contributed by atoms with Crippen molar-refractivity contribution in [3.05, 3.63) is 22.4 Å². The predicted octanol–water partition coefficient (Wildman–Crippen LogP) is 2.05. The van der Waals surface area contributed by atoms with Crippen LogP contribution < -0.4 is 5.32 Å². The fourth-order valence-electron chi connectivity index (χ4n) is 3.38. The summed E-state index contributed by atoms with van der Waals surface area (Å²) in [7, 11) is 0. The molecule has 2 fully saturated rings. The number of thiophene rings is 1. The molecule has 1 aromatic rings. The highest BCUT2D eigenvalue weighted by Crippen LogP contribution is 2.30. The molecule has 110 valence electrons. The van der Waals surface area contributed by atoms with E-state index in [-0.39, 0.29) is 12.1 Å². The summed E-state index contributed by atoms with van der Waals surface area (Å²) in [5, 5.41) is 7.60. The zero-order valence-corrected chi connectivity index (χ0v) is 12.9. The predicted molar refractivity (Wildman–Crippen MR) is 81.7 cm³/mol. The smallest absolute Gasteiger partial charge is 0.238 e. The Morgan fingerprint density at radius 2 is 2.20 bits per heavy atom. The maximum Gasteiger partial charge on any atom is 0.238 e. The number of amides is 1. The molecule has 0 aliphatic carbocycles. The summed E-state index contributed by atoms with van der Waals surface area (Å²) in [6, 6.07) is 2.52. The molecule has 2 aliphatic heterocycles. The minimum atomic E-state index is 0.0940. The minimum absolute atomic E-state index is 0.0940. The molecule has 0 aromatic carbocycles. The van der Waals surface area contributed by atoms with Gasteiger partial charge < -0.3 is 9.80 Å². The number of piperidine rings is 1. The van der Waals surface area contributed by atoms with Crippen molar-refractivity contribution >= 4 is 17.2 Å². The number of hydrogen-bond donors (Lipinski definition) is 1. The fraction of sp³-hybridized carbons (Fsp3) is 0.667. The van der Waals surface area contributed by atoms with Crippen molar-refractivity contribution in [1.29, 1.82) is 0 Å². The lowest BCUT2D eigenvalue weighted by Crippen LogP contribution is -2.47. The SMILES string of the molecule is CCCN1CCC(N2C(=O)CNC2c2ccsc2)CC1. The van der Waals surface area contributed by atoms with Gasteiger partial charge in [0, 0.05) is 19.1 Å². The normalized spacial score (nSPS) is 25.6. The van der Waals surface area contributed by atoms with Crippen molar-refractivity contribution in [3.8, 4) is 0 Å². The van der Waals surface area contributed by atoms with Gasteiger partial charge in [-0.1, -0.05) is 6.92 Å². The van der Waals surface area contributed by atoms with Crippen LogP contribution in [0.4, 0.5) is 0 Å². The van der Waals surface area contributed by atoms with Gasteiger partial charge in [0.05, 0.1) is 6.54 Å². The molecule has 3 rings (SSSR count). The van der Waals surface area contributed by atoms with Gasteiger partial charge in [0.2, 0.25) is 5.91 Å². The number of nitrogens with zero attached hydrogens (tertiary/aromatic N) is 2. The first kappa shape index (κ1) is 14.0. The first-order valence-corrected chi connectivity index (χ1v) is 8.53. The molecule has 5 heteroatoms. The molecule has 1 amide bonds. The zero-order valence-electron chi connectivity index (χ0n) is 12.0. The first-order valence-electron chi connectivity index (χ1n) is 7.58. The average Bonchev–Trinajstić information content (AvgIpc) is 3.09. The topological polar surface area (TPSA) is 35.6 Å². The quantitative estimate of drug-likeness (QED) is 0.923. The molecule has 1 aromatic heterocycles. The summed E-state index contributed by atoms with van der Waals surface area (Å²) in [6.07, 6.45) is 3.52. The number of carbonyl (C=O) groups excluding carboxylic acids is 1. The molecule has 4 nitrogen and oxygen atoms in total. The lowest BCUT2D eigenvalue weighted by molar-refractivity contribution is -0.131. The Labute approximate surface area is 124 Å². The van der Waals surface area contributed by atoms with Crippen molar-refractivity contribution in [1.82, 2.24) is 15.1 Å². The van der Waals surface area contributed by atoms with Crippen LogP contribution in [0.25, 0.3) is 0 Å². The number of hydrogen-bond acceptors (Lipinski definition) is 4. The lowest BCUT2D eigenvalue weighted by Gasteiger charge is -2.39. The van der Waals surface area contributed by atoms with E-state index in [2.05, 4.69) is 38.9 Å². The lowest BCUT2D eigenvalue weighted by atomic mass is 10.0. The molecule has 2 saturated heterocycles. The maximum absolute atomic E-state index is 12.2. The van der Waals surface area contributed by atoms with E-state index in [1.54, 1.807) is 11.3 Å². The van der Waals surface area contributed by atoms with Gasteiger partial charge in [0.25, 0.3) is 0 Å². The first-order chi connectivity index (χ1) is 9.79. The number of nitrogens with one attached hydrogen (secondary N) is 1. The molecule has 1 atom stereocenters. The van der Waals surface area contributed by atoms with Crippen molar-refractivity contribution in [2.24, 2.45) is 0 Å². The van der Waals surface area contributed by atoms with Crippen LogP contribution in [0.1, 0.15) is 37.9 Å². The summed E-state index contributed by atoms with van der Waals surface area (Å²) < 4.78 is 0. The largest absolute Gasteiger partial charge is 0.319 e. The van der Waals surface area contributed by atoms with Crippen molar-refractivity contribution in [3.63, 3.8) is 0 Å². The average molecular weight is 293 g/mol. The van der Waals surface area contributed by atoms with Crippen LogP contribution in [0, 0.1) is 0 Å². The maximum atomic E-state index is 12.2. The molecular weight excluding hydrogens is 270 g/mol. The van der Waals surface area contributed by atoms with Gasteiger partial charge in [-0.05, 0) is 48.2 Å². The molecule has 0 bridgehead atoms. The molecule has 1 unspecified atom stereocenters.